The Morgan fingerprint density at radius 3 is 2.39 bits per heavy atom. The molecule has 0 aliphatic heterocycles. The molecule has 1 heterocycles. The van der Waals surface area contributed by atoms with Gasteiger partial charge in [-0.05, 0) is 42.7 Å². The van der Waals surface area contributed by atoms with Gasteiger partial charge >= 0.3 is 6.18 Å². The summed E-state index contributed by atoms with van der Waals surface area (Å²) in [7, 11) is -3.52. The van der Waals surface area contributed by atoms with E-state index in [0.29, 0.717) is 11.1 Å². The highest BCUT2D eigenvalue weighted by Crippen LogP contribution is 2.33. The van der Waals surface area contributed by atoms with Crippen molar-refractivity contribution >= 4 is 15.9 Å². The molecular weight excluding hydrogens is 524 g/mol. The van der Waals surface area contributed by atoms with Crippen LogP contribution in [0.1, 0.15) is 46.4 Å². The van der Waals surface area contributed by atoms with Crippen LogP contribution in [0.4, 0.5) is 17.6 Å². The van der Waals surface area contributed by atoms with Gasteiger partial charge < -0.3 is 5.32 Å². The first-order valence-corrected chi connectivity index (χ1v) is 13.2. The lowest BCUT2D eigenvalue weighted by atomic mass is 9.96. The normalized spacial score (nSPS) is 12.6. The highest BCUT2D eigenvalue weighted by atomic mass is 32.2. The van der Waals surface area contributed by atoms with Crippen LogP contribution in [0.15, 0.2) is 48.5 Å². The number of hydrogen-bond acceptors (Lipinski definition) is 5. The Morgan fingerprint density at radius 2 is 1.79 bits per heavy atom. The van der Waals surface area contributed by atoms with Gasteiger partial charge in [-0.2, -0.15) is 18.4 Å². The van der Waals surface area contributed by atoms with E-state index in [1.807, 2.05) is 6.07 Å². The summed E-state index contributed by atoms with van der Waals surface area (Å²) in [5.74, 6) is -2.06. The Bertz CT molecular complexity index is 1520. The van der Waals surface area contributed by atoms with Gasteiger partial charge in [0.25, 0.3) is 0 Å². The maximum atomic E-state index is 14.5. The van der Waals surface area contributed by atoms with E-state index in [0.717, 1.165) is 18.4 Å². The molecule has 7 nitrogen and oxygen atoms in total. The fourth-order valence-electron chi connectivity index (χ4n) is 3.71. The highest BCUT2D eigenvalue weighted by molar-refractivity contribution is 7.88. The van der Waals surface area contributed by atoms with E-state index >= 15 is 0 Å². The number of carbonyl (C=O) groups excluding carboxylic acids is 1. The number of carbonyl (C=O) groups is 1. The van der Waals surface area contributed by atoms with E-state index in [-0.39, 0.29) is 41.0 Å². The zero-order valence-corrected chi connectivity index (χ0v) is 21.5. The Hall–Kier alpha value is -3.82. The van der Waals surface area contributed by atoms with Gasteiger partial charge in [0.1, 0.15) is 17.6 Å². The second-order valence-corrected chi connectivity index (χ2v) is 10.5. The van der Waals surface area contributed by atoms with E-state index in [1.54, 1.807) is 19.1 Å². The molecule has 0 bridgehead atoms. The molecule has 0 spiro atoms. The highest BCUT2D eigenvalue weighted by Gasteiger charge is 2.33. The van der Waals surface area contributed by atoms with Crippen LogP contribution in [0, 0.1) is 24.1 Å². The zero-order valence-electron chi connectivity index (χ0n) is 20.6. The zero-order chi connectivity index (χ0) is 28.3. The molecule has 2 aromatic carbocycles. The minimum atomic E-state index is -4.71. The smallest absolute Gasteiger partial charge is 0.351 e. The summed E-state index contributed by atoms with van der Waals surface area (Å²) >= 11 is 0. The number of nitriles is 1. The molecule has 38 heavy (non-hydrogen) atoms. The van der Waals surface area contributed by atoms with Crippen molar-refractivity contribution in [2.24, 2.45) is 0 Å². The lowest BCUT2D eigenvalue weighted by molar-refractivity contribution is -0.141. The van der Waals surface area contributed by atoms with Crippen molar-refractivity contribution in [1.29, 1.82) is 5.26 Å². The van der Waals surface area contributed by atoms with Crippen molar-refractivity contribution < 1.29 is 30.8 Å². The molecule has 0 radical (unpaired) electrons. The van der Waals surface area contributed by atoms with Crippen LogP contribution in [-0.2, 0) is 34.1 Å². The standard InChI is InChI=1S/C26H24F4N4O3S/c1-15-5-4-6-20(21(15)12-31)24-19(9-10-23(34-24)26(28,29)30)13-32-25(35)16(2)17-7-8-18(22(27)11-17)14-33-38(3,36)37/h4-11,16,33H,13-14H2,1-3H3,(H,32,35). The molecule has 1 unspecified atom stereocenters. The number of nitrogens with zero attached hydrogens (tertiary/aromatic N) is 2. The molecule has 1 amide bonds. The molecule has 0 saturated carbocycles. The van der Waals surface area contributed by atoms with E-state index in [2.05, 4.69) is 15.0 Å². The molecule has 3 aromatic rings. The number of aromatic nitrogens is 1. The van der Waals surface area contributed by atoms with Crippen molar-refractivity contribution in [3.05, 3.63) is 87.9 Å². The number of amides is 1. The van der Waals surface area contributed by atoms with Crippen molar-refractivity contribution in [3.8, 4) is 17.3 Å². The monoisotopic (exact) mass is 548 g/mol. The summed E-state index contributed by atoms with van der Waals surface area (Å²) in [5.41, 5.74) is 0.388. The Kier molecular flexibility index (Phi) is 8.54. The van der Waals surface area contributed by atoms with Crippen LogP contribution in [0.3, 0.4) is 0 Å². The van der Waals surface area contributed by atoms with E-state index in [1.165, 1.54) is 31.2 Å². The first-order chi connectivity index (χ1) is 17.7. The number of hydrogen-bond donors (Lipinski definition) is 2. The van der Waals surface area contributed by atoms with Crippen LogP contribution in [0.25, 0.3) is 11.3 Å². The van der Waals surface area contributed by atoms with Crippen LogP contribution in [-0.4, -0.2) is 25.6 Å². The SMILES string of the molecule is Cc1cccc(-c2nc(C(F)(F)F)ccc2CNC(=O)C(C)c2ccc(CNS(C)(=O)=O)c(F)c2)c1C#N. The summed E-state index contributed by atoms with van der Waals surface area (Å²) in [6, 6.07) is 12.7. The van der Waals surface area contributed by atoms with Crippen LogP contribution in [0.5, 0.6) is 0 Å². The van der Waals surface area contributed by atoms with Gasteiger partial charge in [-0.3, -0.25) is 4.79 Å². The van der Waals surface area contributed by atoms with Crippen LogP contribution < -0.4 is 10.0 Å². The first kappa shape index (κ1) is 28.7. The third-order valence-electron chi connectivity index (χ3n) is 5.86. The molecule has 0 aliphatic rings. The van der Waals surface area contributed by atoms with E-state index in [4.69, 9.17) is 0 Å². The van der Waals surface area contributed by atoms with Crippen molar-refractivity contribution in [2.45, 2.75) is 39.0 Å². The van der Waals surface area contributed by atoms with Gasteiger partial charge in [0.05, 0.1) is 23.4 Å². The number of benzene rings is 2. The van der Waals surface area contributed by atoms with Gasteiger partial charge in [-0.1, -0.05) is 36.4 Å². The largest absolute Gasteiger partial charge is 0.433 e. The second kappa shape index (κ2) is 11.3. The first-order valence-electron chi connectivity index (χ1n) is 11.3. The summed E-state index contributed by atoms with van der Waals surface area (Å²) in [5, 5.41) is 12.2. The number of sulfonamides is 1. The lowest BCUT2D eigenvalue weighted by Crippen LogP contribution is -2.28. The Balaban J connectivity index is 1.85. The number of alkyl halides is 3. The third-order valence-corrected chi connectivity index (χ3v) is 6.53. The fraction of sp³-hybridized carbons (Fsp3) is 0.269. The molecule has 1 aromatic heterocycles. The van der Waals surface area contributed by atoms with Crippen LogP contribution >= 0.6 is 0 Å². The number of halogens is 4. The van der Waals surface area contributed by atoms with E-state index < -0.39 is 39.5 Å². The maximum Gasteiger partial charge on any atom is 0.433 e. The molecule has 0 aliphatic carbocycles. The minimum absolute atomic E-state index is 0.0817. The summed E-state index contributed by atoms with van der Waals surface area (Å²) < 4.78 is 79.3. The van der Waals surface area contributed by atoms with Crippen molar-refractivity contribution in [3.63, 3.8) is 0 Å². The average Bonchev–Trinajstić information content (AvgIpc) is 2.84. The predicted octanol–water partition coefficient (Wildman–Crippen LogP) is 4.56. The average molecular weight is 549 g/mol. The van der Waals surface area contributed by atoms with Crippen LogP contribution in [0.2, 0.25) is 0 Å². The number of rotatable bonds is 8. The molecule has 200 valence electrons. The van der Waals surface area contributed by atoms with Gasteiger partial charge in [0.15, 0.2) is 0 Å². The number of nitrogens with one attached hydrogen (secondary N) is 2. The lowest BCUT2D eigenvalue weighted by Gasteiger charge is -2.17. The van der Waals surface area contributed by atoms with Crippen molar-refractivity contribution in [2.75, 3.05) is 6.26 Å². The van der Waals surface area contributed by atoms with Gasteiger partial charge in [-0.25, -0.2) is 22.5 Å². The number of pyridine rings is 1. The Morgan fingerprint density at radius 1 is 1.11 bits per heavy atom. The molecular formula is C26H24F4N4O3S. The topological polar surface area (TPSA) is 112 Å². The molecule has 1 atom stereocenters. The summed E-state index contributed by atoms with van der Waals surface area (Å²) in [6.45, 7) is 2.74. The van der Waals surface area contributed by atoms with Crippen molar-refractivity contribution in [1.82, 2.24) is 15.0 Å². The fourth-order valence-corrected chi connectivity index (χ4v) is 4.12. The maximum absolute atomic E-state index is 14.5. The molecule has 0 fully saturated rings. The van der Waals surface area contributed by atoms with E-state index in [9.17, 15) is 36.0 Å². The summed E-state index contributed by atoms with van der Waals surface area (Å²) in [4.78, 5) is 16.6. The predicted molar refractivity (Wildman–Crippen MR) is 132 cm³/mol. The van der Waals surface area contributed by atoms with Gasteiger partial charge in [-0.15, -0.1) is 0 Å². The molecule has 12 heteroatoms. The number of aryl methyl sites for hydroxylation is 1. The van der Waals surface area contributed by atoms with Gasteiger partial charge in [0, 0.05) is 24.2 Å². The molecule has 2 N–H and O–H groups in total. The minimum Gasteiger partial charge on any atom is -0.351 e. The second-order valence-electron chi connectivity index (χ2n) is 8.69. The van der Waals surface area contributed by atoms with Gasteiger partial charge in [0.2, 0.25) is 15.9 Å². The quantitative estimate of drug-likeness (QED) is 0.401. The molecule has 0 saturated heterocycles. The summed E-state index contributed by atoms with van der Waals surface area (Å²) in [6.07, 6.45) is -3.77. The third kappa shape index (κ3) is 6.93. The molecule has 3 rings (SSSR count). The Labute approximate surface area is 217 Å².